The minimum atomic E-state index is -4.56. The lowest BCUT2D eigenvalue weighted by atomic mass is 10.0. The Hall–Kier alpha value is -1.34. The second-order valence-electron chi connectivity index (χ2n) is 3.47. The van der Waals surface area contributed by atoms with Crippen LogP contribution in [0.2, 0.25) is 0 Å². The van der Waals surface area contributed by atoms with Gasteiger partial charge in [0.2, 0.25) is 0 Å². The van der Waals surface area contributed by atoms with Gasteiger partial charge in [-0.3, -0.25) is 9.59 Å². The molecule has 0 aliphatic carbocycles. The molecule has 0 radical (unpaired) electrons. The molecule has 0 heterocycles. The van der Waals surface area contributed by atoms with Gasteiger partial charge >= 0.3 is 23.8 Å². The average molecular weight is 274 g/mol. The number of carbonyl (C=O) groups excluding carboxylic acids is 2. The Bertz CT molecular complexity index is 304. The molecular weight excluding hydrogens is 260 g/mol. The first-order valence-electron chi connectivity index (χ1n) is 5.14. The highest BCUT2D eigenvalue weighted by Crippen LogP contribution is 2.40. The van der Waals surface area contributed by atoms with Crippen LogP contribution in [0.3, 0.4) is 0 Å². The number of hydrogen-bond acceptors (Lipinski definition) is 4. The van der Waals surface area contributed by atoms with Gasteiger partial charge in [0, 0.05) is 6.42 Å². The van der Waals surface area contributed by atoms with Gasteiger partial charge < -0.3 is 9.47 Å². The smallest absolute Gasteiger partial charge is 0.320 e. The number of hydrogen-bond donors (Lipinski definition) is 0. The van der Waals surface area contributed by atoms with Gasteiger partial charge in [0.05, 0.1) is 20.1 Å². The largest absolute Gasteiger partial charge is 0.469 e. The normalized spacial score (nSPS) is 12.1. The molecule has 0 aromatic heterocycles. The first-order valence-corrected chi connectivity index (χ1v) is 5.14. The van der Waals surface area contributed by atoms with E-state index in [-0.39, 0.29) is 6.61 Å². The van der Waals surface area contributed by atoms with Crippen molar-refractivity contribution in [3.8, 4) is 0 Å². The summed E-state index contributed by atoms with van der Waals surface area (Å²) in [6, 6.07) is 0. The molecular formula is C10H14F4O4. The summed E-state index contributed by atoms with van der Waals surface area (Å²) in [4.78, 5) is 21.4. The number of halogens is 4. The standard InChI is InChI=1S/C10H14F4O4/c1-3-18-8(16)6-10(13,14)9(11,12)5-4-7(15)17-2/h3-6H2,1-2H3. The molecule has 0 fully saturated rings. The first kappa shape index (κ1) is 16.7. The third-order valence-corrected chi connectivity index (χ3v) is 2.08. The second-order valence-corrected chi connectivity index (χ2v) is 3.47. The minimum absolute atomic E-state index is 0.178. The summed E-state index contributed by atoms with van der Waals surface area (Å²) in [6.45, 7) is 1.19. The number of carbonyl (C=O) groups is 2. The number of alkyl halides is 4. The molecule has 0 aliphatic heterocycles. The van der Waals surface area contributed by atoms with Gasteiger partial charge in [-0.15, -0.1) is 0 Å². The van der Waals surface area contributed by atoms with Crippen LogP contribution < -0.4 is 0 Å². The molecule has 0 aromatic rings. The van der Waals surface area contributed by atoms with E-state index in [1.807, 2.05) is 0 Å². The summed E-state index contributed by atoms with van der Waals surface area (Å²) < 4.78 is 60.8. The maximum absolute atomic E-state index is 13.1. The van der Waals surface area contributed by atoms with Crippen molar-refractivity contribution in [1.29, 1.82) is 0 Å². The van der Waals surface area contributed by atoms with Crippen LogP contribution in [0, 0.1) is 0 Å². The molecule has 0 bridgehead atoms. The van der Waals surface area contributed by atoms with Crippen LogP contribution in [-0.4, -0.2) is 37.5 Å². The average Bonchev–Trinajstić information content (AvgIpc) is 2.25. The van der Waals surface area contributed by atoms with E-state index in [9.17, 15) is 27.2 Å². The lowest BCUT2D eigenvalue weighted by Crippen LogP contribution is -2.42. The molecule has 0 aromatic carbocycles. The Morgan fingerprint density at radius 1 is 1.06 bits per heavy atom. The summed E-state index contributed by atoms with van der Waals surface area (Å²) >= 11 is 0. The monoisotopic (exact) mass is 274 g/mol. The third-order valence-electron chi connectivity index (χ3n) is 2.08. The molecule has 0 rings (SSSR count). The van der Waals surface area contributed by atoms with E-state index >= 15 is 0 Å². The molecule has 0 N–H and O–H groups in total. The van der Waals surface area contributed by atoms with Crippen LogP contribution in [0.15, 0.2) is 0 Å². The van der Waals surface area contributed by atoms with E-state index in [1.165, 1.54) is 6.92 Å². The van der Waals surface area contributed by atoms with E-state index in [0.717, 1.165) is 7.11 Å². The molecule has 0 amide bonds. The molecule has 4 nitrogen and oxygen atoms in total. The predicted octanol–water partition coefficient (Wildman–Crippen LogP) is 2.16. The maximum atomic E-state index is 13.1. The van der Waals surface area contributed by atoms with Crippen molar-refractivity contribution in [1.82, 2.24) is 0 Å². The zero-order valence-corrected chi connectivity index (χ0v) is 9.97. The van der Waals surface area contributed by atoms with Gasteiger partial charge in [0.1, 0.15) is 6.42 Å². The van der Waals surface area contributed by atoms with Gasteiger partial charge in [0.15, 0.2) is 0 Å². The summed E-state index contributed by atoms with van der Waals surface area (Å²) in [6.07, 6.45) is -3.98. The zero-order valence-electron chi connectivity index (χ0n) is 9.97. The third kappa shape index (κ3) is 4.89. The Labute approximate surface area is 101 Å². The van der Waals surface area contributed by atoms with E-state index in [4.69, 9.17) is 0 Å². The van der Waals surface area contributed by atoms with Crippen molar-refractivity contribution in [3.63, 3.8) is 0 Å². The maximum Gasteiger partial charge on any atom is 0.320 e. The molecule has 0 saturated heterocycles. The first-order chi connectivity index (χ1) is 8.16. The van der Waals surface area contributed by atoms with Gasteiger partial charge in [-0.2, -0.15) is 17.6 Å². The van der Waals surface area contributed by atoms with E-state index < -0.39 is 43.0 Å². The fourth-order valence-corrected chi connectivity index (χ4v) is 1.07. The number of ether oxygens (including phenoxy) is 2. The van der Waals surface area contributed by atoms with Gasteiger partial charge in [-0.1, -0.05) is 0 Å². The van der Waals surface area contributed by atoms with Crippen LogP contribution in [-0.2, 0) is 19.1 Å². The molecule has 0 aliphatic rings. The number of esters is 2. The van der Waals surface area contributed by atoms with Crippen molar-refractivity contribution in [3.05, 3.63) is 0 Å². The lowest BCUT2D eigenvalue weighted by molar-refractivity contribution is -0.220. The summed E-state index contributed by atoms with van der Waals surface area (Å²) in [5.74, 6) is -11.5. The Morgan fingerprint density at radius 3 is 2.06 bits per heavy atom. The van der Waals surface area contributed by atoms with E-state index in [2.05, 4.69) is 9.47 Å². The van der Waals surface area contributed by atoms with E-state index in [1.54, 1.807) is 0 Å². The SMILES string of the molecule is CCOC(=O)CC(F)(F)C(F)(F)CCC(=O)OC. The number of rotatable bonds is 7. The highest BCUT2D eigenvalue weighted by molar-refractivity contribution is 5.71. The Kier molecular flexibility index (Phi) is 6.07. The van der Waals surface area contributed by atoms with Crippen molar-refractivity contribution < 1.29 is 36.6 Å². The predicted molar refractivity (Wildman–Crippen MR) is 52.4 cm³/mol. The summed E-state index contributed by atoms with van der Waals surface area (Å²) in [5, 5.41) is 0. The molecule has 0 unspecified atom stereocenters. The van der Waals surface area contributed by atoms with Crippen LogP contribution in [0.25, 0.3) is 0 Å². The Balaban J connectivity index is 4.53. The highest BCUT2D eigenvalue weighted by Gasteiger charge is 2.57. The summed E-state index contributed by atoms with van der Waals surface area (Å²) in [5.41, 5.74) is 0. The van der Waals surface area contributed by atoms with Crippen molar-refractivity contribution in [2.24, 2.45) is 0 Å². The molecule has 0 atom stereocenters. The fraction of sp³-hybridized carbons (Fsp3) is 0.800. The quantitative estimate of drug-likeness (QED) is 0.527. The number of methoxy groups -OCH3 is 1. The second kappa shape index (κ2) is 6.55. The van der Waals surface area contributed by atoms with Crippen LogP contribution >= 0.6 is 0 Å². The van der Waals surface area contributed by atoms with Gasteiger partial charge in [-0.25, -0.2) is 0 Å². The van der Waals surface area contributed by atoms with Crippen LogP contribution in [0.1, 0.15) is 26.2 Å². The topological polar surface area (TPSA) is 52.6 Å². The van der Waals surface area contributed by atoms with Crippen molar-refractivity contribution in [2.75, 3.05) is 13.7 Å². The Morgan fingerprint density at radius 2 is 1.61 bits per heavy atom. The van der Waals surface area contributed by atoms with Crippen LogP contribution in [0.4, 0.5) is 17.6 Å². The fourth-order valence-electron chi connectivity index (χ4n) is 1.07. The highest BCUT2D eigenvalue weighted by atomic mass is 19.3. The molecule has 18 heavy (non-hydrogen) atoms. The zero-order chi connectivity index (χ0) is 14.4. The summed E-state index contributed by atoms with van der Waals surface area (Å²) in [7, 11) is 0.956. The molecule has 8 heteroatoms. The van der Waals surface area contributed by atoms with Crippen molar-refractivity contribution >= 4 is 11.9 Å². The van der Waals surface area contributed by atoms with Gasteiger partial charge in [-0.05, 0) is 6.92 Å². The minimum Gasteiger partial charge on any atom is -0.469 e. The van der Waals surface area contributed by atoms with Crippen molar-refractivity contribution in [2.45, 2.75) is 38.0 Å². The molecule has 0 spiro atoms. The van der Waals surface area contributed by atoms with Crippen LogP contribution in [0.5, 0.6) is 0 Å². The van der Waals surface area contributed by atoms with E-state index in [0.29, 0.717) is 0 Å². The van der Waals surface area contributed by atoms with Gasteiger partial charge in [0.25, 0.3) is 0 Å². The lowest BCUT2D eigenvalue weighted by Gasteiger charge is -2.25. The molecule has 0 saturated carbocycles. The molecule has 106 valence electrons.